The van der Waals surface area contributed by atoms with Crippen LogP contribution in [0, 0.1) is 0 Å². The fourth-order valence-electron chi connectivity index (χ4n) is 1.86. The Balaban J connectivity index is 1.97. The minimum atomic E-state index is 0.585. The number of halogens is 1. The number of rotatable bonds is 6. The maximum absolute atomic E-state index is 5.81. The fraction of sp³-hybridized carbons (Fsp3) is 0.250. The Labute approximate surface area is 122 Å². The Morgan fingerprint density at radius 1 is 1.00 bits per heavy atom. The van der Waals surface area contributed by atoms with Crippen molar-refractivity contribution in [3.63, 3.8) is 0 Å². The van der Waals surface area contributed by atoms with E-state index in [1.807, 2.05) is 24.3 Å². The monoisotopic (exact) mass is 319 g/mol. The molecule has 0 heterocycles. The molecule has 100 valence electrons. The van der Waals surface area contributed by atoms with Crippen LogP contribution in [0.1, 0.15) is 17.5 Å². The second-order valence-electron chi connectivity index (χ2n) is 4.43. The van der Waals surface area contributed by atoms with Crippen LogP contribution in [0.5, 0.6) is 5.75 Å². The smallest absolute Gasteiger partial charge is 0.134 e. The maximum atomic E-state index is 5.81. The van der Waals surface area contributed by atoms with Crippen molar-refractivity contribution in [3.05, 3.63) is 64.1 Å². The van der Waals surface area contributed by atoms with Crippen molar-refractivity contribution in [2.24, 2.45) is 5.73 Å². The molecular formula is C16H18BrNO. The van der Waals surface area contributed by atoms with Crippen molar-refractivity contribution in [3.8, 4) is 5.75 Å². The highest BCUT2D eigenvalue weighted by molar-refractivity contribution is 9.10. The lowest BCUT2D eigenvalue weighted by molar-refractivity contribution is 0.304. The first-order valence-electron chi connectivity index (χ1n) is 6.45. The first-order chi connectivity index (χ1) is 9.29. The van der Waals surface area contributed by atoms with Gasteiger partial charge in [-0.1, -0.05) is 36.4 Å². The molecule has 0 fully saturated rings. The Hall–Kier alpha value is -1.32. The van der Waals surface area contributed by atoms with E-state index in [0.29, 0.717) is 6.61 Å². The van der Waals surface area contributed by atoms with E-state index < -0.39 is 0 Å². The Bertz CT molecular complexity index is 513. The number of nitrogens with two attached hydrogens (primary N) is 1. The van der Waals surface area contributed by atoms with Crippen molar-refractivity contribution in [1.29, 1.82) is 0 Å². The molecule has 2 aromatic rings. The van der Waals surface area contributed by atoms with Gasteiger partial charge in [0.15, 0.2) is 0 Å². The van der Waals surface area contributed by atoms with E-state index >= 15 is 0 Å². The van der Waals surface area contributed by atoms with Gasteiger partial charge in [0.05, 0.1) is 4.47 Å². The molecular weight excluding hydrogens is 302 g/mol. The molecule has 3 heteroatoms. The summed E-state index contributed by atoms with van der Waals surface area (Å²) >= 11 is 3.56. The molecule has 0 aromatic heterocycles. The second-order valence-corrected chi connectivity index (χ2v) is 5.29. The summed E-state index contributed by atoms with van der Waals surface area (Å²) in [6, 6.07) is 16.4. The van der Waals surface area contributed by atoms with Crippen LogP contribution in [0.15, 0.2) is 53.0 Å². The summed E-state index contributed by atoms with van der Waals surface area (Å²) in [4.78, 5) is 0. The van der Waals surface area contributed by atoms with Crippen molar-refractivity contribution < 1.29 is 4.74 Å². The first-order valence-corrected chi connectivity index (χ1v) is 7.24. The maximum Gasteiger partial charge on any atom is 0.134 e. The van der Waals surface area contributed by atoms with Gasteiger partial charge in [-0.15, -0.1) is 0 Å². The molecule has 0 aliphatic carbocycles. The largest absolute Gasteiger partial charge is 0.488 e. The summed E-state index contributed by atoms with van der Waals surface area (Å²) in [6.07, 6.45) is 2.02. The van der Waals surface area contributed by atoms with Gasteiger partial charge in [0, 0.05) is 0 Å². The third kappa shape index (κ3) is 4.37. The molecule has 0 saturated heterocycles. The standard InChI is InChI=1S/C16H18BrNO/c17-15-11-13(7-4-10-18)8-9-16(15)19-12-14-5-2-1-3-6-14/h1-3,5-6,8-9,11H,4,7,10,12,18H2. The molecule has 0 radical (unpaired) electrons. The van der Waals surface area contributed by atoms with Gasteiger partial charge >= 0.3 is 0 Å². The van der Waals surface area contributed by atoms with Crippen molar-refractivity contribution in [2.45, 2.75) is 19.4 Å². The normalized spacial score (nSPS) is 10.4. The van der Waals surface area contributed by atoms with Gasteiger partial charge in [0.2, 0.25) is 0 Å². The van der Waals surface area contributed by atoms with Crippen molar-refractivity contribution in [2.75, 3.05) is 6.54 Å². The van der Waals surface area contributed by atoms with E-state index in [2.05, 4.69) is 40.2 Å². The zero-order valence-corrected chi connectivity index (χ0v) is 12.4. The quantitative estimate of drug-likeness (QED) is 0.875. The minimum absolute atomic E-state index is 0.585. The van der Waals surface area contributed by atoms with Crippen LogP contribution in [-0.2, 0) is 13.0 Å². The first kappa shape index (κ1) is 14.1. The van der Waals surface area contributed by atoms with Gasteiger partial charge < -0.3 is 10.5 Å². The molecule has 0 amide bonds. The average Bonchev–Trinajstić information content (AvgIpc) is 2.45. The number of benzene rings is 2. The highest BCUT2D eigenvalue weighted by Gasteiger charge is 2.03. The molecule has 0 bridgehead atoms. The lowest BCUT2D eigenvalue weighted by Gasteiger charge is -2.10. The van der Waals surface area contributed by atoms with Crippen LogP contribution in [0.3, 0.4) is 0 Å². The van der Waals surface area contributed by atoms with E-state index in [1.165, 1.54) is 11.1 Å². The van der Waals surface area contributed by atoms with Gasteiger partial charge in [0.25, 0.3) is 0 Å². The van der Waals surface area contributed by atoms with Gasteiger partial charge in [-0.25, -0.2) is 0 Å². The van der Waals surface area contributed by atoms with Crippen LogP contribution in [0.2, 0.25) is 0 Å². The molecule has 2 aromatic carbocycles. The van der Waals surface area contributed by atoms with Crippen LogP contribution in [0.4, 0.5) is 0 Å². The molecule has 0 aliphatic rings. The SMILES string of the molecule is NCCCc1ccc(OCc2ccccc2)c(Br)c1. The molecule has 0 spiro atoms. The summed E-state index contributed by atoms with van der Waals surface area (Å²) in [7, 11) is 0. The Morgan fingerprint density at radius 3 is 2.47 bits per heavy atom. The minimum Gasteiger partial charge on any atom is -0.488 e. The summed E-state index contributed by atoms with van der Waals surface area (Å²) in [5.41, 5.74) is 7.97. The van der Waals surface area contributed by atoms with Crippen LogP contribution < -0.4 is 10.5 Å². The number of hydrogen-bond donors (Lipinski definition) is 1. The van der Waals surface area contributed by atoms with Gasteiger partial charge in [-0.05, 0) is 58.6 Å². The molecule has 19 heavy (non-hydrogen) atoms. The summed E-state index contributed by atoms with van der Waals surface area (Å²) in [5.74, 6) is 0.875. The topological polar surface area (TPSA) is 35.2 Å². The predicted molar refractivity (Wildman–Crippen MR) is 82.3 cm³/mol. The van der Waals surface area contributed by atoms with Gasteiger partial charge in [-0.3, -0.25) is 0 Å². The van der Waals surface area contributed by atoms with E-state index in [9.17, 15) is 0 Å². The number of aryl methyl sites for hydroxylation is 1. The lowest BCUT2D eigenvalue weighted by Crippen LogP contribution is -2.00. The summed E-state index contributed by atoms with van der Waals surface area (Å²) < 4.78 is 6.81. The van der Waals surface area contributed by atoms with Crippen molar-refractivity contribution in [1.82, 2.24) is 0 Å². The Kier molecular flexibility index (Phi) is 5.43. The van der Waals surface area contributed by atoms with Crippen LogP contribution in [-0.4, -0.2) is 6.54 Å². The highest BCUT2D eigenvalue weighted by atomic mass is 79.9. The highest BCUT2D eigenvalue weighted by Crippen LogP contribution is 2.27. The van der Waals surface area contributed by atoms with Crippen LogP contribution >= 0.6 is 15.9 Å². The fourth-order valence-corrected chi connectivity index (χ4v) is 2.40. The zero-order chi connectivity index (χ0) is 13.5. The lowest BCUT2D eigenvalue weighted by atomic mass is 10.1. The molecule has 0 aliphatic heterocycles. The van der Waals surface area contributed by atoms with E-state index in [0.717, 1.165) is 29.6 Å². The molecule has 2 nitrogen and oxygen atoms in total. The van der Waals surface area contributed by atoms with E-state index in [1.54, 1.807) is 0 Å². The molecule has 2 N–H and O–H groups in total. The average molecular weight is 320 g/mol. The summed E-state index contributed by atoms with van der Waals surface area (Å²) in [5, 5.41) is 0. The third-order valence-corrected chi connectivity index (χ3v) is 3.52. The molecule has 0 saturated carbocycles. The molecule has 0 unspecified atom stereocenters. The van der Waals surface area contributed by atoms with E-state index in [4.69, 9.17) is 10.5 Å². The molecule has 0 atom stereocenters. The number of ether oxygens (including phenoxy) is 1. The van der Waals surface area contributed by atoms with Crippen molar-refractivity contribution >= 4 is 15.9 Å². The van der Waals surface area contributed by atoms with E-state index in [-0.39, 0.29) is 0 Å². The Morgan fingerprint density at radius 2 is 1.79 bits per heavy atom. The van der Waals surface area contributed by atoms with Gasteiger partial charge in [0.1, 0.15) is 12.4 Å². The zero-order valence-electron chi connectivity index (χ0n) is 10.8. The van der Waals surface area contributed by atoms with Crippen LogP contribution in [0.25, 0.3) is 0 Å². The predicted octanol–water partition coefficient (Wildman–Crippen LogP) is 3.92. The summed E-state index contributed by atoms with van der Waals surface area (Å²) in [6.45, 7) is 1.31. The van der Waals surface area contributed by atoms with Gasteiger partial charge in [-0.2, -0.15) is 0 Å². The third-order valence-electron chi connectivity index (χ3n) is 2.90. The molecule has 2 rings (SSSR count). The second kappa shape index (κ2) is 7.31. The number of hydrogen-bond acceptors (Lipinski definition) is 2.